The smallest absolute Gasteiger partial charge is 0.326 e. The molecule has 2 atom stereocenters. The number of hydrogen-bond acceptors (Lipinski definition) is 5. The van der Waals surface area contributed by atoms with E-state index in [1.807, 2.05) is 6.26 Å². The van der Waals surface area contributed by atoms with E-state index in [-0.39, 0.29) is 11.6 Å². The van der Waals surface area contributed by atoms with Crippen molar-refractivity contribution in [3.05, 3.63) is 39.4 Å². The lowest BCUT2D eigenvalue weighted by atomic mass is 9.81. The van der Waals surface area contributed by atoms with Gasteiger partial charge in [0.05, 0.1) is 10.8 Å². The monoisotopic (exact) mass is 352 g/mol. The minimum absolute atomic E-state index is 0.0298. The summed E-state index contributed by atoms with van der Waals surface area (Å²) in [5.74, 6) is -1.34. The Morgan fingerprint density at radius 1 is 1.50 bits per heavy atom. The second kappa shape index (κ2) is 8.14. The van der Waals surface area contributed by atoms with Gasteiger partial charge in [-0.2, -0.15) is 11.8 Å². The molecule has 1 aromatic rings. The number of hydrogen-bond donors (Lipinski definition) is 2. The van der Waals surface area contributed by atoms with Gasteiger partial charge >= 0.3 is 5.97 Å². The largest absolute Gasteiger partial charge is 0.480 e. The Bertz CT molecular complexity index is 649. The highest BCUT2D eigenvalue weighted by Gasteiger charge is 2.32. The van der Waals surface area contributed by atoms with Gasteiger partial charge in [-0.05, 0) is 43.3 Å². The first kappa shape index (κ1) is 18.3. The standard InChI is InChI=1S/C16H20N2O5S/c1-24-9-8-13(16(20)21)17-15(19)12-6-2-5-11-10(12)4-3-7-14(11)18(22)23/h3-4,7,12-13H,2,5-6,8-9H2,1H3,(H,17,19)(H,20,21)/t12?,13-/m0/s1. The maximum atomic E-state index is 12.6. The van der Waals surface area contributed by atoms with Crippen molar-refractivity contribution in [1.82, 2.24) is 5.32 Å². The van der Waals surface area contributed by atoms with Crippen LogP contribution in [0.2, 0.25) is 0 Å². The molecule has 0 aromatic heterocycles. The molecule has 2 N–H and O–H groups in total. The molecule has 0 heterocycles. The van der Waals surface area contributed by atoms with Crippen LogP contribution in [0.1, 0.15) is 36.3 Å². The van der Waals surface area contributed by atoms with Crippen molar-refractivity contribution in [3.8, 4) is 0 Å². The molecule has 7 nitrogen and oxygen atoms in total. The molecule has 24 heavy (non-hydrogen) atoms. The number of carbonyl (C=O) groups is 2. The average molecular weight is 352 g/mol. The second-order valence-corrected chi connectivity index (χ2v) is 6.71. The number of nitrogens with one attached hydrogen (secondary N) is 1. The van der Waals surface area contributed by atoms with Crippen LogP contribution in [0.5, 0.6) is 0 Å². The Kier molecular flexibility index (Phi) is 6.19. The van der Waals surface area contributed by atoms with E-state index in [0.29, 0.717) is 42.6 Å². The highest BCUT2D eigenvalue weighted by molar-refractivity contribution is 7.98. The van der Waals surface area contributed by atoms with Crippen LogP contribution >= 0.6 is 11.8 Å². The quantitative estimate of drug-likeness (QED) is 0.576. The molecular weight excluding hydrogens is 332 g/mol. The fourth-order valence-electron chi connectivity index (χ4n) is 3.04. The number of amides is 1. The fourth-order valence-corrected chi connectivity index (χ4v) is 3.51. The lowest BCUT2D eigenvalue weighted by Crippen LogP contribution is -2.44. The van der Waals surface area contributed by atoms with Gasteiger partial charge < -0.3 is 10.4 Å². The number of rotatable bonds is 7. The number of carbonyl (C=O) groups excluding carboxylic acids is 1. The average Bonchev–Trinajstić information content (AvgIpc) is 2.56. The minimum atomic E-state index is -1.06. The molecule has 8 heteroatoms. The van der Waals surface area contributed by atoms with Crippen LogP contribution in [0.3, 0.4) is 0 Å². The van der Waals surface area contributed by atoms with Crippen molar-refractivity contribution in [3.63, 3.8) is 0 Å². The summed E-state index contributed by atoms with van der Waals surface area (Å²) in [6.07, 6.45) is 4.01. The number of thioether (sulfide) groups is 1. The molecule has 0 aliphatic heterocycles. The minimum Gasteiger partial charge on any atom is -0.480 e. The highest BCUT2D eigenvalue weighted by atomic mass is 32.2. The van der Waals surface area contributed by atoms with E-state index in [0.717, 1.165) is 0 Å². The predicted molar refractivity (Wildman–Crippen MR) is 91.3 cm³/mol. The van der Waals surface area contributed by atoms with E-state index in [4.69, 9.17) is 0 Å². The summed E-state index contributed by atoms with van der Waals surface area (Å²) in [5, 5.41) is 23.0. The summed E-state index contributed by atoms with van der Waals surface area (Å²) in [5.41, 5.74) is 1.26. The van der Waals surface area contributed by atoms with Gasteiger partial charge in [-0.3, -0.25) is 14.9 Å². The Hall–Kier alpha value is -2.09. The first-order valence-corrected chi connectivity index (χ1v) is 9.13. The van der Waals surface area contributed by atoms with Gasteiger partial charge in [0.2, 0.25) is 5.91 Å². The molecule has 0 fully saturated rings. The van der Waals surface area contributed by atoms with Crippen LogP contribution < -0.4 is 5.32 Å². The van der Waals surface area contributed by atoms with Crippen LogP contribution in [-0.2, 0) is 16.0 Å². The topological polar surface area (TPSA) is 110 Å². The van der Waals surface area contributed by atoms with E-state index in [1.54, 1.807) is 12.1 Å². The number of fused-ring (bicyclic) bond motifs is 1. The molecule has 0 saturated heterocycles. The molecule has 0 spiro atoms. The van der Waals surface area contributed by atoms with Gasteiger partial charge in [0, 0.05) is 11.6 Å². The molecule has 1 aromatic carbocycles. The molecular formula is C16H20N2O5S. The Balaban J connectivity index is 2.22. The number of nitrogens with zero attached hydrogens (tertiary/aromatic N) is 1. The summed E-state index contributed by atoms with van der Waals surface area (Å²) in [7, 11) is 0. The zero-order valence-electron chi connectivity index (χ0n) is 13.4. The molecule has 130 valence electrons. The van der Waals surface area contributed by atoms with E-state index in [2.05, 4.69) is 5.32 Å². The number of nitro benzene ring substituents is 1. The van der Waals surface area contributed by atoms with E-state index in [1.165, 1.54) is 17.8 Å². The van der Waals surface area contributed by atoms with Gasteiger partial charge in [0.1, 0.15) is 6.04 Å². The summed E-state index contributed by atoms with van der Waals surface area (Å²) in [4.78, 5) is 34.6. The predicted octanol–water partition coefficient (Wildman–Crippen LogP) is 2.34. The lowest BCUT2D eigenvalue weighted by molar-refractivity contribution is -0.385. The van der Waals surface area contributed by atoms with Gasteiger partial charge in [-0.1, -0.05) is 12.1 Å². The molecule has 0 bridgehead atoms. The van der Waals surface area contributed by atoms with Crippen molar-refractivity contribution in [2.75, 3.05) is 12.0 Å². The fraction of sp³-hybridized carbons (Fsp3) is 0.500. The third-order valence-electron chi connectivity index (χ3n) is 4.22. The number of carboxylic acid groups (broad SMARTS) is 1. The number of benzene rings is 1. The number of carboxylic acids is 1. The van der Waals surface area contributed by atoms with Crippen molar-refractivity contribution in [2.24, 2.45) is 0 Å². The third-order valence-corrected chi connectivity index (χ3v) is 4.86. The summed E-state index contributed by atoms with van der Waals surface area (Å²) < 4.78 is 0. The van der Waals surface area contributed by atoms with E-state index < -0.39 is 22.9 Å². The van der Waals surface area contributed by atoms with Crippen molar-refractivity contribution < 1.29 is 19.6 Å². The summed E-state index contributed by atoms with van der Waals surface area (Å²) >= 11 is 1.51. The van der Waals surface area contributed by atoms with Crippen LogP contribution in [0.15, 0.2) is 18.2 Å². The maximum Gasteiger partial charge on any atom is 0.326 e. The maximum absolute atomic E-state index is 12.6. The summed E-state index contributed by atoms with van der Waals surface area (Å²) in [6, 6.07) is 3.81. The molecule has 1 unspecified atom stereocenters. The van der Waals surface area contributed by atoms with Crippen LogP contribution in [0, 0.1) is 10.1 Å². The summed E-state index contributed by atoms with van der Waals surface area (Å²) in [6.45, 7) is 0. The van der Waals surface area contributed by atoms with Gasteiger partial charge in [-0.15, -0.1) is 0 Å². The lowest BCUT2D eigenvalue weighted by Gasteiger charge is -2.26. The molecule has 1 aliphatic rings. The van der Waals surface area contributed by atoms with Crippen molar-refractivity contribution in [2.45, 2.75) is 37.6 Å². The van der Waals surface area contributed by atoms with Crippen LogP contribution in [0.4, 0.5) is 5.69 Å². The van der Waals surface area contributed by atoms with Gasteiger partial charge in [0.15, 0.2) is 0 Å². The van der Waals surface area contributed by atoms with Crippen molar-refractivity contribution in [1.29, 1.82) is 0 Å². The normalized spacial score (nSPS) is 17.6. The molecule has 2 rings (SSSR count). The number of nitro groups is 1. The highest BCUT2D eigenvalue weighted by Crippen LogP contribution is 2.36. The third kappa shape index (κ3) is 4.05. The van der Waals surface area contributed by atoms with E-state index >= 15 is 0 Å². The van der Waals surface area contributed by atoms with Crippen LogP contribution in [0.25, 0.3) is 0 Å². The first-order valence-electron chi connectivity index (χ1n) is 7.74. The van der Waals surface area contributed by atoms with Crippen molar-refractivity contribution >= 4 is 29.3 Å². The second-order valence-electron chi connectivity index (χ2n) is 5.73. The molecule has 1 amide bonds. The molecule has 1 aliphatic carbocycles. The Morgan fingerprint density at radius 2 is 2.25 bits per heavy atom. The zero-order valence-corrected chi connectivity index (χ0v) is 14.2. The first-order chi connectivity index (χ1) is 11.5. The molecule has 0 radical (unpaired) electrons. The van der Waals surface area contributed by atoms with Gasteiger partial charge in [0.25, 0.3) is 5.69 Å². The SMILES string of the molecule is CSCC[C@H](NC(=O)C1CCCc2c1cccc2[N+](=O)[O-])C(=O)O. The van der Waals surface area contributed by atoms with E-state index in [9.17, 15) is 24.8 Å². The Morgan fingerprint density at radius 3 is 2.88 bits per heavy atom. The Labute approximate surface area is 144 Å². The van der Waals surface area contributed by atoms with Gasteiger partial charge in [-0.25, -0.2) is 4.79 Å². The number of aliphatic carboxylic acids is 1. The van der Waals surface area contributed by atoms with Crippen LogP contribution in [-0.4, -0.2) is 40.0 Å². The molecule has 0 saturated carbocycles. The zero-order chi connectivity index (χ0) is 17.7.